The lowest BCUT2D eigenvalue weighted by atomic mass is 10.1. The minimum Gasteiger partial charge on any atom is -0.377 e. The molecule has 1 saturated heterocycles. The van der Waals surface area contributed by atoms with Crippen molar-refractivity contribution in [2.45, 2.75) is 25.4 Å². The molecule has 0 unspecified atom stereocenters. The smallest absolute Gasteiger partial charge is 0.251 e. The van der Waals surface area contributed by atoms with Crippen molar-refractivity contribution in [1.82, 2.24) is 10.2 Å². The van der Waals surface area contributed by atoms with Gasteiger partial charge in [0.1, 0.15) is 0 Å². The van der Waals surface area contributed by atoms with E-state index in [0.29, 0.717) is 19.3 Å². The summed E-state index contributed by atoms with van der Waals surface area (Å²) in [5, 5.41) is 3.25. The van der Waals surface area contributed by atoms with Crippen LogP contribution in [-0.2, 0) is 4.74 Å². The van der Waals surface area contributed by atoms with Crippen LogP contribution < -0.4 is 5.32 Å². The summed E-state index contributed by atoms with van der Waals surface area (Å²) in [5.41, 5.74) is 0. The van der Waals surface area contributed by atoms with Gasteiger partial charge in [-0.25, -0.2) is 8.78 Å². The number of piperidine rings is 1. The fourth-order valence-electron chi connectivity index (χ4n) is 1.66. The third-order valence-corrected chi connectivity index (χ3v) is 2.56. The van der Waals surface area contributed by atoms with E-state index in [-0.39, 0.29) is 6.54 Å². The molecule has 15 heavy (non-hydrogen) atoms. The maximum atomic E-state index is 12.0. The monoisotopic (exact) mass is 222 g/mol. The molecule has 0 amide bonds. The van der Waals surface area contributed by atoms with Gasteiger partial charge in [0.15, 0.2) is 0 Å². The topological polar surface area (TPSA) is 24.5 Å². The summed E-state index contributed by atoms with van der Waals surface area (Å²) in [6.45, 7) is 2.95. The zero-order valence-electron chi connectivity index (χ0n) is 9.22. The number of alkyl halides is 2. The number of hydrogen-bond acceptors (Lipinski definition) is 3. The van der Waals surface area contributed by atoms with Crippen LogP contribution in [0.2, 0.25) is 0 Å². The molecule has 1 N–H and O–H groups in total. The molecule has 0 atom stereocenters. The van der Waals surface area contributed by atoms with E-state index < -0.39 is 6.43 Å². The highest BCUT2D eigenvalue weighted by atomic mass is 19.3. The molecule has 1 aliphatic rings. The molecular formula is C10H20F2N2O. The molecule has 1 heterocycles. The summed E-state index contributed by atoms with van der Waals surface area (Å²) in [5.74, 6) is 0. The van der Waals surface area contributed by atoms with Gasteiger partial charge in [-0.2, -0.15) is 0 Å². The van der Waals surface area contributed by atoms with Crippen LogP contribution in [0.1, 0.15) is 12.8 Å². The highest BCUT2D eigenvalue weighted by Crippen LogP contribution is 2.06. The van der Waals surface area contributed by atoms with Crippen molar-refractivity contribution in [3.63, 3.8) is 0 Å². The van der Waals surface area contributed by atoms with E-state index in [1.807, 2.05) is 0 Å². The Hall–Kier alpha value is -0.260. The van der Waals surface area contributed by atoms with E-state index in [1.54, 1.807) is 11.9 Å². The minimum absolute atomic E-state index is 0.171. The highest BCUT2D eigenvalue weighted by molar-refractivity contribution is 4.68. The van der Waals surface area contributed by atoms with Crippen molar-refractivity contribution in [3.8, 4) is 0 Å². The lowest BCUT2D eigenvalue weighted by molar-refractivity contribution is 0.0151. The van der Waals surface area contributed by atoms with Crippen molar-refractivity contribution in [1.29, 1.82) is 0 Å². The average molecular weight is 222 g/mol. The molecule has 0 aliphatic carbocycles. The quantitative estimate of drug-likeness (QED) is 0.724. The molecule has 3 nitrogen and oxygen atoms in total. The Morgan fingerprint density at radius 3 is 2.67 bits per heavy atom. The molecular weight excluding hydrogens is 202 g/mol. The molecule has 0 aromatic rings. The summed E-state index contributed by atoms with van der Waals surface area (Å²) in [6, 6.07) is 0. The molecule has 0 radical (unpaired) electrons. The molecule has 1 fully saturated rings. The van der Waals surface area contributed by atoms with Gasteiger partial charge < -0.3 is 10.1 Å². The van der Waals surface area contributed by atoms with Crippen molar-refractivity contribution < 1.29 is 13.5 Å². The van der Waals surface area contributed by atoms with Crippen LogP contribution in [0.5, 0.6) is 0 Å². The Labute approximate surface area is 89.8 Å². The van der Waals surface area contributed by atoms with Gasteiger partial charge in [-0.15, -0.1) is 0 Å². The average Bonchev–Trinajstić information content (AvgIpc) is 2.18. The second kappa shape index (κ2) is 7.09. The number of likely N-dealkylation sites (N-methyl/N-ethyl adjacent to an activating group) is 1. The van der Waals surface area contributed by atoms with Crippen LogP contribution in [-0.4, -0.2) is 57.3 Å². The summed E-state index contributed by atoms with van der Waals surface area (Å²) < 4.78 is 29.6. The van der Waals surface area contributed by atoms with Crippen LogP contribution in [0.25, 0.3) is 0 Å². The first-order valence-electron chi connectivity index (χ1n) is 5.47. The second-order valence-electron chi connectivity index (χ2n) is 3.97. The molecule has 0 saturated carbocycles. The second-order valence-corrected chi connectivity index (χ2v) is 3.97. The van der Waals surface area contributed by atoms with Gasteiger partial charge >= 0.3 is 0 Å². The van der Waals surface area contributed by atoms with E-state index in [4.69, 9.17) is 4.74 Å². The molecule has 90 valence electrons. The zero-order valence-corrected chi connectivity index (χ0v) is 9.22. The van der Waals surface area contributed by atoms with Crippen LogP contribution in [0, 0.1) is 0 Å². The van der Waals surface area contributed by atoms with Gasteiger partial charge in [-0.05, 0) is 33.0 Å². The Morgan fingerprint density at radius 2 is 2.07 bits per heavy atom. The van der Waals surface area contributed by atoms with Crippen molar-refractivity contribution in [3.05, 3.63) is 0 Å². The molecule has 0 bridgehead atoms. The largest absolute Gasteiger partial charge is 0.377 e. The van der Waals surface area contributed by atoms with Crippen molar-refractivity contribution in [2.75, 3.05) is 39.8 Å². The number of ether oxygens (including phenoxy) is 1. The predicted molar refractivity (Wildman–Crippen MR) is 55.3 cm³/mol. The number of hydrogen-bond donors (Lipinski definition) is 1. The summed E-state index contributed by atoms with van der Waals surface area (Å²) in [4.78, 5) is 1.60. The van der Waals surface area contributed by atoms with Crippen LogP contribution in [0.4, 0.5) is 8.78 Å². The number of rotatable bonds is 6. The fourth-order valence-corrected chi connectivity index (χ4v) is 1.66. The van der Waals surface area contributed by atoms with Gasteiger partial charge in [0.25, 0.3) is 6.43 Å². The van der Waals surface area contributed by atoms with Crippen molar-refractivity contribution >= 4 is 0 Å². The van der Waals surface area contributed by atoms with E-state index >= 15 is 0 Å². The maximum Gasteiger partial charge on any atom is 0.251 e. The van der Waals surface area contributed by atoms with E-state index in [9.17, 15) is 8.78 Å². The molecule has 0 aromatic heterocycles. The van der Waals surface area contributed by atoms with Crippen molar-refractivity contribution in [2.24, 2.45) is 0 Å². The van der Waals surface area contributed by atoms with Crippen LogP contribution in [0.3, 0.4) is 0 Å². The Kier molecular flexibility index (Phi) is 6.05. The van der Waals surface area contributed by atoms with Crippen LogP contribution >= 0.6 is 0 Å². The lowest BCUT2D eigenvalue weighted by Crippen LogP contribution is -2.35. The van der Waals surface area contributed by atoms with Gasteiger partial charge in [-0.3, -0.25) is 4.90 Å². The molecule has 0 aromatic carbocycles. The predicted octanol–water partition coefficient (Wildman–Crippen LogP) is 0.952. The standard InChI is InChI=1S/C10H20F2N2O/c1-14(8-10(11)12)6-7-15-9-2-4-13-5-3-9/h9-10,13H,2-8H2,1H3. The molecule has 0 spiro atoms. The Balaban J connectivity index is 1.99. The summed E-state index contributed by atoms with van der Waals surface area (Å²) in [7, 11) is 1.69. The third-order valence-electron chi connectivity index (χ3n) is 2.56. The Bertz CT molecular complexity index is 164. The zero-order chi connectivity index (χ0) is 11.1. The van der Waals surface area contributed by atoms with E-state index in [2.05, 4.69) is 5.32 Å². The van der Waals surface area contributed by atoms with Gasteiger partial charge in [0.2, 0.25) is 0 Å². The first kappa shape index (κ1) is 12.8. The highest BCUT2D eigenvalue weighted by Gasteiger charge is 2.13. The normalized spacial score (nSPS) is 19.0. The first-order chi connectivity index (χ1) is 7.18. The molecule has 1 aliphatic heterocycles. The fraction of sp³-hybridized carbons (Fsp3) is 1.00. The maximum absolute atomic E-state index is 12.0. The van der Waals surface area contributed by atoms with E-state index in [0.717, 1.165) is 25.9 Å². The lowest BCUT2D eigenvalue weighted by Gasteiger charge is -2.24. The van der Waals surface area contributed by atoms with E-state index in [1.165, 1.54) is 0 Å². The number of nitrogens with one attached hydrogen (secondary N) is 1. The van der Waals surface area contributed by atoms with Gasteiger partial charge in [-0.1, -0.05) is 0 Å². The Morgan fingerprint density at radius 1 is 1.40 bits per heavy atom. The number of nitrogens with zero attached hydrogens (tertiary/aromatic N) is 1. The summed E-state index contributed by atoms with van der Waals surface area (Å²) in [6.07, 6.45) is 0.108. The van der Waals surface area contributed by atoms with Gasteiger partial charge in [0.05, 0.1) is 19.3 Å². The summed E-state index contributed by atoms with van der Waals surface area (Å²) >= 11 is 0. The molecule has 5 heteroatoms. The first-order valence-corrected chi connectivity index (χ1v) is 5.47. The van der Waals surface area contributed by atoms with Crippen LogP contribution in [0.15, 0.2) is 0 Å². The third kappa shape index (κ3) is 6.02. The minimum atomic E-state index is -2.26. The van der Waals surface area contributed by atoms with Gasteiger partial charge in [0, 0.05) is 6.54 Å². The number of halogens is 2. The molecule has 1 rings (SSSR count). The SMILES string of the molecule is CN(CCOC1CCNCC1)CC(F)F.